The van der Waals surface area contributed by atoms with E-state index in [4.69, 9.17) is 0 Å². The molecule has 3 aromatic rings. The number of nitrogens with one attached hydrogen (secondary N) is 1. The number of amides is 3. The molecule has 0 aromatic heterocycles. The molecule has 0 radical (unpaired) electrons. The van der Waals surface area contributed by atoms with Gasteiger partial charge in [-0.3, -0.25) is 24.2 Å². The van der Waals surface area contributed by atoms with Crippen LogP contribution in [0.2, 0.25) is 0 Å². The van der Waals surface area contributed by atoms with E-state index in [1.165, 1.54) is 45.8 Å². The minimum Gasteiger partial charge on any atom is -0.350 e. The van der Waals surface area contributed by atoms with E-state index < -0.39 is 10.7 Å². The number of carbonyl (C=O) groups excluding carboxylic acids is 3. The lowest BCUT2D eigenvalue weighted by atomic mass is 10.0. The van der Waals surface area contributed by atoms with Gasteiger partial charge in [-0.1, -0.05) is 47.5 Å². The fraction of sp³-hybridized carbons (Fsp3) is 0.222. The Labute approximate surface area is 207 Å². The Balaban J connectivity index is 1.47. The molecule has 3 aromatic carbocycles. The SMILES string of the molecule is Cc1ccc(CNC(=O)CN2C(=O)[C@]3(SCC(=O)N3c3ccc(F)cc3)c3cc(C)ccc32)cc1. The summed E-state index contributed by atoms with van der Waals surface area (Å²) in [6.45, 7) is 4.09. The highest BCUT2D eigenvalue weighted by molar-refractivity contribution is 8.02. The van der Waals surface area contributed by atoms with E-state index in [1.807, 2.05) is 56.3 Å². The van der Waals surface area contributed by atoms with Crippen molar-refractivity contribution in [2.45, 2.75) is 25.3 Å². The van der Waals surface area contributed by atoms with E-state index in [0.29, 0.717) is 23.5 Å². The van der Waals surface area contributed by atoms with E-state index in [1.54, 1.807) is 0 Å². The first-order chi connectivity index (χ1) is 16.8. The Bertz CT molecular complexity index is 1330. The number of anilines is 2. The van der Waals surface area contributed by atoms with Gasteiger partial charge in [0.1, 0.15) is 12.4 Å². The van der Waals surface area contributed by atoms with Crippen LogP contribution in [0.5, 0.6) is 0 Å². The van der Waals surface area contributed by atoms with Gasteiger partial charge in [-0.15, -0.1) is 11.8 Å². The van der Waals surface area contributed by atoms with Gasteiger partial charge in [-0.2, -0.15) is 0 Å². The lowest BCUT2D eigenvalue weighted by Gasteiger charge is -2.33. The molecule has 2 aliphatic heterocycles. The van der Waals surface area contributed by atoms with Crippen LogP contribution in [0.15, 0.2) is 66.7 Å². The number of nitrogens with zero attached hydrogens (tertiary/aromatic N) is 2. The van der Waals surface area contributed by atoms with Crippen LogP contribution in [0.4, 0.5) is 15.8 Å². The number of carbonyl (C=O) groups is 3. The van der Waals surface area contributed by atoms with Gasteiger partial charge in [0, 0.05) is 17.8 Å². The highest BCUT2D eigenvalue weighted by Crippen LogP contribution is 2.55. The molecule has 6 nitrogen and oxygen atoms in total. The number of hydrogen-bond donors (Lipinski definition) is 1. The van der Waals surface area contributed by atoms with Gasteiger partial charge in [0.25, 0.3) is 5.91 Å². The van der Waals surface area contributed by atoms with Crippen molar-refractivity contribution in [3.63, 3.8) is 0 Å². The van der Waals surface area contributed by atoms with E-state index in [9.17, 15) is 18.8 Å². The third kappa shape index (κ3) is 3.97. The Morgan fingerprint density at radius 1 is 1.00 bits per heavy atom. The quantitative estimate of drug-likeness (QED) is 0.588. The molecule has 0 aliphatic carbocycles. The molecule has 35 heavy (non-hydrogen) atoms. The van der Waals surface area contributed by atoms with E-state index in [-0.39, 0.29) is 30.0 Å². The molecule has 8 heteroatoms. The molecule has 3 amide bonds. The molecule has 1 N–H and O–H groups in total. The summed E-state index contributed by atoms with van der Waals surface area (Å²) >= 11 is 1.23. The highest BCUT2D eigenvalue weighted by Gasteiger charge is 2.61. The van der Waals surface area contributed by atoms with Gasteiger partial charge in [-0.25, -0.2) is 4.39 Å². The number of benzene rings is 3. The van der Waals surface area contributed by atoms with Gasteiger partial charge >= 0.3 is 0 Å². The van der Waals surface area contributed by atoms with Crippen LogP contribution in [-0.4, -0.2) is 30.0 Å². The van der Waals surface area contributed by atoms with Gasteiger partial charge in [-0.05, 0) is 49.7 Å². The van der Waals surface area contributed by atoms with Crippen molar-refractivity contribution in [2.24, 2.45) is 0 Å². The standard InChI is InChI=1S/C27H24FN3O3S/c1-17-3-6-19(7-4-17)14-29-24(32)15-30-23-12-5-18(2)13-22(23)27(26(30)34)31(25(33)16-35-27)21-10-8-20(28)9-11-21/h3-13H,14-16H2,1-2H3,(H,29,32)/t27-/m1/s1. The van der Waals surface area contributed by atoms with Crippen LogP contribution in [0.3, 0.4) is 0 Å². The number of hydrogen-bond acceptors (Lipinski definition) is 4. The van der Waals surface area contributed by atoms with Gasteiger partial charge in [0.15, 0.2) is 0 Å². The number of aryl methyl sites for hydroxylation is 2. The zero-order chi connectivity index (χ0) is 24.7. The lowest BCUT2D eigenvalue weighted by molar-refractivity contribution is -0.125. The summed E-state index contributed by atoms with van der Waals surface area (Å²) in [5.74, 6) is -1.23. The molecule has 178 valence electrons. The Hall–Kier alpha value is -3.65. The zero-order valence-electron chi connectivity index (χ0n) is 19.4. The Morgan fingerprint density at radius 2 is 1.69 bits per heavy atom. The molecule has 5 rings (SSSR count). The molecule has 2 aliphatic rings. The summed E-state index contributed by atoms with van der Waals surface area (Å²) in [4.78, 5) is 41.5. The average molecular weight is 490 g/mol. The third-order valence-corrected chi connectivity index (χ3v) is 7.69. The summed E-state index contributed by atoms with van der Waals surface area (Å²) in [5, 5.41) is 2.88. The molecule has 0 bridgehead atoms. The molecule has 0 saturated carbocycles. The first-order valence-electron chi connectivity index (χ1n) is 11.3. The molecule has 1 saturated heterocycles. The number of thioether (sulfide) groups is 1. The van der Waals surface area contributed by atoms with E-state index in [0.717, 1.165) is 16.7 Å². The molecular formula is C27H24FN3O3S. The van der Waals surface area contributed by atoms with E-state index >= 15 is 0 Å². The number of fused-ring (bicyclic) bond motifs is 2. The summed E-state index contributed by atoms with van der Waals surface area (Å²) in [5.41, 5.74) is 4.72. The van der Waals surface area contributed by atoms with E-state index in [2.05, 4.69) is 5.32 Å². The lowest BCUT2D eigenvalue weighted by Crippen LogP contribution is -2.51. The zero-order valence-corrected chi connectivity index (χ0v) is 20.2. The van der Waals surface area contributed by atoms with Gasteiger partial charge in [0.2, 0.25) is 16.7 Å². The molecule has 1 atom stereocenters. The second kappa shape index (κ2) is 8.85. The predicted octanol–water partition coefficient (Wildman–Crippen LogP) is 4.04. The van der Waals surface area contributed by atoms with Crippen molar-refractivity contribution in [3.8, 4) is 0 Å². The first-order valence-corrected chi connectivity index (χ1v) is 12.3. The topological polar surface area (TPSA) is 69.7 Å². The molecule has 1 fully saturated rings. The maximum atomic E-state index is 14.0. The minimum atomic E-state index is -1.34. The first kappa shape index (κ1) is 23.1. The number of halogens is 1. The maximum absolute atomic E-state index is 14.0. The summed E-state index contributed by atoms with van der Waals surface area (Å²) in [7, 11) is 0. The smallest absolute Gasteiger partial charge is 0.269 e. The normalized spacial score (nSPS) is 18.9. The summed E-state index contributed by atoms with van der Waals surface area (Å²) < 4.78 is 13.6. The fourth-order valence-corrected chi connectivity index (χ4v) is 5.92. The van der Waals surface area contributed by atoms with Crippen molar-refractivity contribution < 1.29 is 18.8 Å². The largest absolute Gasteiger partial charge is 0.350 e. The monoisotopic (exact) mass is 489 g/mol. The van der Waals surface area contributed by atoms with Crippen molar-refractivity contribution in [1.82, 2.24) is 5.32 Å². The van der Waals surface area contributed by atoms with Crippen LogP contribution in [0.25, 0.3) is 0 Å². The van der Waals surface area contributed by atoms with Crippen molar-refractivity contribution in [1.29, 1.82) is 0 Å². The Kier molecular flexibility index (Phi) is 5.84. The molecule has 1 spiro atoms. The van der Waals surface area contributed by atoms with Gasteiger partial charge in [0.05, 0.1) is 11.4 Å². The van der Waals surface area contributed by atoms with Gasteiger partial charge < -0.3 is 5.32 Å². The van der Waals surface area contributed by atoms with Crippen LogP contribution in [0.1, 0.15) is 22.3 Å². The second-order valence-electron chi connectivity index (χ2n) is 8.81. The minimum absolute atomic E-state index is 0.101. The van der Waals surface area contributed by atoms with Crippen molar-refractivity contribution >= 4 is 40.9 Å². The number of rotatable bonds is 5. The third-order valence-electron chi connectivity index (χ3n) is 6.31. The van der Waals surface area contributed by atoms with Crippen LogP contribution in [0, 0.1) is 19.7 Å². The predicted molar refractivity (Wildman–Crippen MR) is 135 cm³/mol. The van der Waals surface area contributed by atoms with Crippen LogP contribution < -0.4 is 15.1 Å². The molecule has 0 unspecified atom stereocenters. The maximum Gasteiger partial charge on any atom is 0.269 e. The molecule has 2 heterocycles. The molecular weight excluding hydrogens is 465 g/mol. The summed E-state index contributed by atoms with van der Waals surface area (Å²) in [6, 6.07) is 19.0. The highest BCUT2D eigenvalue weighted by atomic mass is 32.2. The van der Waals surface area contributed by atoms with Crippen molar-refractivity contribution in [3.05, 3.63) is 94.8 Å². The summed E-state index contributed by atoms with van der Waals surface area (Å²) in [6.07, 6.45) is 0. The Morgan fingerprint density at radius 3 is 2.40 bits per heavy atom. The van der Waals surface area contributed by atoms with Crippen LogP contribution >= 0.6 is 11.8 Å². The van der Waals surface area contributed by atoms with Crippen LogP contribution in [-0.2, 0) is 25.8 Å². The average Bonchev–Trinajstić information content (AvgIpc) is 3.30. The fourth-order valence-electron chi connectivity index (χ4n) is 4.57. The van der Waals surface area contributed by atoms with Crippen molar-refractivity contribution in [2.75, 3.05) is 22.1 Å². The second-order valence-corrected chi connectivity index (χ2v) is 9.98.